The summed E-state index contributed by atoms with van der Waals surface area (Å²) < 4.78 is 4.85. The summed E-state index contributed by atoms with van der Waals surface area (Å²) in [6, 6.07) is 0. The van der Waals surface area contributed by atoms with E-state index in [-0.39, 0.29) is 0 Å². The van der Waals surface area contributed by atoms with E-state index in [1.165, 1.54) is 36.1 Å². The van der Waals surface area contributed by atoms with E-state index >= 15 is 0 Å². The molecular weight excluding hydrogens is 276 g/mol. The average Bonchev–Trinajstić information content (AvgIpc) is 3.04. The van der Waals surface area contributed by atoms with E-state index in [2.05, 4.69) is 19.3 Å². The fraction of sp³-hybridized carbons (Fsp3) is 0.400. The minimum atomic E-state index is 0.502. The SMILES string of the molecule is Cc1c(Cl)nc(C2CC2)nc1Sc1ncns1. The van der Waals surface area contributed by atoms with Crippen molar-refractivity contribution >= 4 is 34.9 Å². The Morgan fingerprint density at radius 2 is 2.24 bits per heavy atom. The third-order valence-corrected chi connectivity index (χ3v) is 4.70. The zero-order chi connectivity index (χ0) is 11.8. The van der Waals surface area contributed by atoms with Crippen molar-refractivity contribution in [3.8, 4) is 0 Å². The molecule has 17 heavy (non-hydrogen) atoms. The van der Waals surface area contributed by atoms with E-state index in [0.29, 0.717) is 11.1 Å². The van der Waals surface area contributed by atoms with Gasteiger partial charge in [0.05, 0.1) is 0 Å². The van der Waals surface area contributed by atoms with Gasteiger partial charge in [-0.05, 0) is 43.1 Å². The Labute approximate surface area is 112 Å². The normalized spacial score (nSPS) is 15.2. The summed E-state index contributed by atoms with van der Waals surface area (Å²) in [5.41, 5.74) is 0.913. The first-order valence-electron chi connectivity index (χ1n) is 5.22. The van der Waals surface area contributed by atoms with Gasteiger partial charge >= 0.3 is 0 Å². The molecule has 0 aliphatic heterocycles. The van der Waals surface area contributed by atoms with Gasteiger partial charge in [-0.1, -0.05) is 11.6 Å². The van der Waals surface area contributed by atoms with Gasteiger partial charge in [-0.15, -0.1) is 0 Å². The Balaban J connectivity index is 1.96. The maximum atomic E-state index is 6.13. The lowest BCUT2D eigenvalue weighted by Gasteiger charge is -2.06. The molecule has 3 rings (SSSR count). The van der Waals surface area contributed by atoms with E-state index < -0.39 is 0 Å². The molecule has 1 aliphatic carbocycles. The Morgan fingerprint density at radius 1 is 1.41 bits per heavy atom. The summed E-state index contributed by atoms with van der Waals surface area (Å²) in [6.45, 7) is 1.93. The molecule has 1 aliphatic rings. The van der Waals surface area contributed by atoms with Crippen molar-refractivity contribution in [3.05, 3.63) is 22.9 Å². The molecule has 0 aromatic carbocycles. The van der Waals surface area contributed by atoms with Gasteiger partial charge in [0.15, 0.2) is 4.34 Å². The lowest BCUT2D eigenvalue weighted by Crippen LogP contribution is -1.98. The van der Waals surface area contributed by atoms with Crippen molar-refractivity contribution in [3.63, 3.8) is 0 Å². The van der Waals surface area contributed by atoms with Crippen LogP contribution in [-0.4, -0.2) is 19.3 Å². The molecule has 2 heterocycles. The molecule has 0 atom stereocenters. The van der Waals surface area contributed by atoms with Gasteiger partial charge in [0.2, 0.25) is 0 Å². The van der Waals surface area contributed by atoms with Crippen LogP contribution < -0.4 is 0 Å². The maximum Gasteiger partial charge on any atom is 0.176 e. The van der Waals surface area contributed by atoms with Crippen LogP contribution in [0, 0.1) is 6.92 Å². The van der Waals surface area contributed by atoms with Gasteiger partial charge in [0.1, 0.15) is 22.3 Å². The summed E-state index contributed by atoms with van der Waals surface area (Å²) in [4.78, 5) is 13.0. The second-order valence-corrected chi connectivity index (χ2v) is 6.26. The topological polar surface area (TPSA) is 51.6 Å². The first-order chi connectivity index (χ1) is 8.24. The summed E-state index contributed by atoms with van der Waals surface area (Å²) in [5, 5.41) is 1.44. The van der Waals surface area contributed by atoms with Gasteiger partial charge in [-0.3, -0.25) is 0 Å². The van der Waals surface area contributed by atoms with E-state index in [9.17, 15) is 0 Å². The largest absolute Gasteiger partial charge is 0.225 e. The zero-order valence-electron chi connectivity index (χ0n) is 9.05. The summed E-state index contributed by atoms with van der Waals surface area (Å²) in [5.74, 6) is 1.37. The van der Waals surface area contributed by atoms with Gasteiger partial charge in [0.25, 0.3) is 0 Å². The molecule has 0 bridgehead atoms. The third-order valence-electron chi connectivity index (χ3n) is 2.53. The van der Waals surface area contributed by atoms with Gasteiger partial charge in [-0.25, -0.2) is 15.0 Å². The highest BCUT2D eigenvalue weighted by Crippen LogP contribution is 2.40. The van der Waals surface area contributed by atoms with Crippen LogP contribution in [0.5, 0.6) is 0 Å². The van der Waals surface area contributed by atoms with Crippen molar-refractivity contribution in [1.29, 1.82) is 0 Å². The molecule has 1 saturated carbocycles. The van der Waals surface area contributed by atoms with Gasteiger partial charge < -0.3 is 0 Å². The van der Waals surface area contributed by atoms with Crippen molar-refractivity contribution in [2.75, 3.05) is 0 Å². The molecule has 0 radical (unpaired) electrons. The second kappa shape index (κ2) is 4.51. The molecule has 1 fully saturated rings. The molecule has 2 aromatic rings. The summed E-state index contributed by atoms with van der Waals surface area (Å²) in [7, 11) is 0. The number of hydrogen-bond acceptors (Lipinski definition) is 6. The van der Waals surface area contributed by atoms with Crippen LogP contribution in [0.25, 0.3) is 0 Å². The van der Waals surface area contributed by atoms with Crippen LogP contribution in [0.1, 0.15) is 30.1 Å². The van der Waals surface area contributed by atoms with Crippen molar-refractivity contribution in [2.24, 2.45) is 0 Å². The first kappa shape index (κ1) is 11.4. The predicted molar refractivity (Wildman–Crippen MR) is 67.8 cm³/mol. The lowest BCUT2D eigenvalue weighted by atomic mass is 10.3. The molecule has 7 heteroatoms. The van der Waals surface area contributed by atoms with Crippen LogP contribution in [-0.2, 0) is 0 Å². The number of nitrogens with zero attached hydrogens (tertiary/aromatic N) is 4. The Hall–Kier alpha value is -0.720. The standard InChI is InChI=1S/C10H9ClN4S2/c1-5-7(11)14-8(6-2-3-6)15-9(5)16-10-12-4-13-17-10/h4,6H,2-3H2,1H3. The smallest absolute Gasteiger partial charge is 0.176 e. The van der Waals surface area contributed by atoms with Gasteiger partial charge in [-0.2, -0.15) is 4.37 Å². The number of hydrogen-bond donors (Lipinski definition) is 0. The van der Waals surface area contributed by atoms with E-state index in [1.807, 2.05) is 6.92 Å². The Bertz CT molecular complexity index is 539. The molecule has 0 amide bonds. The third kappa shape index (κ3) is 2.43. The molecule has 0 saturated heterocycles. The highest BCUT2D eigenvalue weighted by Gasteiger charge is 2.28. The van der Waals surface area contributed by atoms with Crippen molar-refractivity contribution in [2.45, 2.75) is 35.0 Å². The summed E-state index contributed by atoms with van der Waals surface area (Å²) in [6.07, 6.45) is 3.89. The molecule has 0 unspecified atom stereocenters. The van der Waals surface area contributed by atoms with Crippen LogP contribution in [0.15, 0.2) is 15.7 Å². The monoisotopic (exact) mass is 284 g/mol. The molecule has 0 N–H and O–H groups in total. The molecule has 2 aromatic heterocycles. The highest BCUT2D eigenvalue weighted by molar-refractivity contribution is 8.00. The lowest BCUT2D eigenvalue weighted by molar-refractivity contribution is 0.861. The van der Waals surface area contributed by atoms with Crippen LogP contribution in [0.3, 0.4) is 0 Å². The number of aromatic nitrogens is 4. The van der Waals surface area contributed by atoms with Crippen LogP contribution >= 0.6 is 34.9 Å². The average molecular weight is 285 g/mol. The quantitative estimate of drug-likeness (QED) is 0.809. The van der Waals surface area contributed by atoms with E-state index in [0.717, 1.165) is 20.8 Å². The zero-order valence-corrected chi connectivity index (χ0v) is 11.4. The Kier molecular flexibility index (Phi) is 3.02. The second-order valence-electron chi connectivity index (χ2n) is 3.89. The van der Waals surface area contributed by atoms with Crippen LogP contribution in [0.2, 0.25) is 5.15 Å². The molecule has 0 spiro atoms. The van der Waals surface area contributed by atoms with Gasteiger partial charge in [0, 0.05) is 11.5 Å². The van der Waals surface area contributed by atoms with Crippen molar-refractivity contribution in [1.82, 2.24) is 19.3 Å². The first-order valence-corrected chi connectivity index (χ1v) is 7.19. The summed E-state index contributed by atoms with van der Waals surface area (Å²) >= 11 is 9.00. The maximum absolute atomic E-state index is 6.13. The fourth-order valence-electron chi connectivity index (χ4n) is 1.40. The molecule has 88 valence electrons. The minimum absolute atomic E-state index is 0.502. The van der Waals surface area contributed by atoms with E-state index in [4.69, 9.17) is 11.6 Å². The fourth-order valence-corrected chi connectivity index (χ4v) is 3.08. The minimum Gasteiger partial charge on any atom is -0.225 e. The number of rotatable bonds is 3. The highest BCUT2D eigenvalue weighted by atomic mass is 35.5. The molecular formula is C10H9ClN4S2. The van der Waals surface area contributed by atoms with E-state index in [1.54, 1.807) is 6.33 Å². The molecule has 4 nitrogen and oxygen atoms in total. The number of halogens is 1. The van der Waals surface area contributed by atoms with Crippen LogP contribution in [0.4, 0.5) is 0 Å². The predicted octanol–water partition coefficient (Wildman–Crippen LogP) is 3.32. The Morgan fingerprint density at radius 3 is 2.88 bits per heavy atom. The van der Waals surface area contributed by atoms with Crippen molar-refractivity contribution < 1.29 is 0 Å².